The minimum atomic E-state index is 0.0929. The van der Waals surface area contributed by atoms with Crippen molar-refractivity contribution in [1.29, 1.82) is 0 Å². The Balaban J connectivity index is 2.76. The predicted octanol–water partition coefficient (Wildman–Crippen LogP) is 1.62. The van der Waals surface area contributed by atoms with Crippen LogP contribution >= 0.6 is 22.6 Å². The van der Waals surface area contributed by atoms with Crippen LogP contribution in [0.4, 0.5) is 0 Å². The molecule has 0 saturated heterocycles. The van der Waals surface area contributed by atoms with Gasteiger partial charge >= 0.3 is 0 Å². The molecule has 0 aliphatic carbocycles. The highest BCUT2D eigenvalue weighted by atomic mass is 127. The van der Waals surface area contributed by atoms with Gasteiger partial charge in [0.2, 0.25) is 0 Å². The van der Waals surface area contributed by atoms with Crippen LogP contribution in [0.25, 0.3) is 0 Å². The van der Waals surface area contributed by atoms with Gasteiger partial charge in [0, 0.05) is 6.61 Å². The van der Waals surface area contributed by atoms with E-state index < -0.39 is 0 Å². The minimum absolute atomic E-state index is 0.0929. The first-order valence-electron chi connectivity index (χ1n) is 4.74. The van der Waals surface area contributed by atoms with Crippen molar-refractivity contribution >= 4 is 22.6 Å². The number of hydrogen-bond acceptors (Lipinski definition) is 3. The van der Waals surface area contributed by atoms with Crippen LogP contribution in [0.1, 0.15) is 19.3 Å². The third kappa shape index (κ3) is 12.6. The van der Waals surface area contributed by atoms with Gasteiger partial charge in [-0.15, -0.1) is 0 Å². The second-order valence-electron chi connectivity index (χ2n) is 2.70. The van der Waals surface area contributed by atoms with Crippen molar-refractivity contribution in [3.63, 3.8) is 0 Å². The Labute approximate surface area is 93.9 Å². The maximum atomic E-state index is 8.40. The zero-order chi connectivity index (χ0) is 9.78. The second kappa shape index (κ2) is 12.6. The molecular weight excluding hydrogens is 283 g/mol. The standard InChI is InChI=1S/C9H19IO3/c10-4-2-1-3-6-12-8-9-13-7-5-11/h11H,1-9H2. The number of ether oxygens (including phenoxy) is 2. The lowest BCUT2D eigenvalue weighted by atomic mass is 10.3. The summed E-state index contributed by atoms with van der Waals surface area (Å²) in [4.78, 5) is 0. The molecule has 0 spiro atoms. The molecule has 4 heteroatoms. The summed E-state index contributed by atoms with van der Waals surface area (Å²) in [6, 6.07) is 0. The highest BCUT2D eigenvalue weighted by Crippen LogP contribution is 1.98. The summed E-state index contributed by atoms with van der Waals surface area (Å²) in [6.45, 7) is 2.57. The summed E-state index contributed by atoms with van der Waals surface area (Å²) in [5.41, 5.74) is 0. The Kier molecular flexibility index (Phi) is 13.2. The van der Waals surface area contributed by atoms with E-state index in [0.717, 1.165) is 13.0 Å². The van der Waals surface area contributed by atoms with E-state index in [-0.39, 0.29) is 6.61 Å². The Bertz CT molecular complexity index is 80.9. The molecular formula is C9H19IO3. The Morgan fingerprint density at radius 3 is 2.15 bits per heavy atom. The fraction of sp³-hybridized carbons (Fsp3) is 1.00. The lowest BCUT2D eigenvalue weighted by Crippen LogP contribution is -2.07. The number of halogens is 1. The van der Waals surface area contributed by atoms with Gasteiger partial charge in [-0.05, 0) is 17.3 Å². The molecule has 80 valence electrons. The van der Waals surface area contributed by atoms with Gasteiger partial charge in [0.05, 0.1) is 26.4 Å². The maximum Gasteiger partial charge on any atom is 0.0701 e. The van der Waals surface area contributed by atoms with Crippen LogP contribution in [0.2, 0.25) is 0 Å². The van der Waals surface area contributed by atoms with Crippen LogP contribution in [-0.2, 0) is 9.47 Å². The Morgan fingerprint density at radius 2 is 1.54 bits per heavy atom. The number of alkyl halides is 1. The number of aliphatic hydroxyl groups is 1. The van der Waals surface area contributed by atoms with Crippen molar-refractivity contribution in [3.05, 3.63) is 0 Å². The lowest BCUT2D eigenvalue weighted by molar-refractivity contribution is 0.0322. The Morgan fingerprint density at radius 1 is 0.846 bits per heavy atom. The molecule has 0 rings (SSSR count). The molecule has 3 nitrogen and oxygen atoms in total. The summed E-state index contributed by atoms with van der Waals surface area (Å²) in [5, 5.41) is 8.40. The van der Waals surface area contributed by atoms with Gasteiger partial charge in [-0.25, -0.2) is 0 Å². The van der Waals surface area contributed by atoms with E-state index in [4.69, 9.17) is 14.6 Å². The Hall–Kier alpha value is 0.610. The van der Waals surface area contributed by atoms with Gasteiger partial charge in [-0.3, -0.25) is 0 Å². The molecule has 0 fully saturated rings. The topological polar surface area (TPSA) is 38.7 Å². The number of rotatable bonds is 10. The zero-order valence-corrected chi connectivity index (χ0v) is 10.2. The zero-order valence-electron chi connectivity index (χ0n) is 8.01. The first kappa shape index (κ1) is 13.6. The molecule has 0 aliphatic heterocycles. The number of aliphatic hydroxyl groups excluding tert-OH is 1. The van der Waals surface area contributed by atoms with Gasteiger partial charge in [-0.2, -0.15) is 0 Å². The van der Waals surface area contributed by atoms with Gasteiger partial charge in [-0.1, -0.05) is 29.0 Å². The van der Waals surface area contributed by atoms with Crippen LogP contribution in [0.5, 0.6) is 0 Å². The normalized spacial score (nSPS) is 10.6. The summed E-state index contributed by atoms with van der Waals surface area (Å²) < 4.78 is 11.6. The molecule has 0 radical (unpaired) electrons. The van der Waals surface area contributed by atoms with Crippen molar-refractivity contribution in [1.82, 2.24) is 0 Å². The maximum absolute atomic E-state index is 8.40. The van der Waals surface area contributed by atoms with Crippen LogP contribution in [-0.4, -0.2) is 42.6 Å². The summed E-state index contributed by atoms with van der Waals surface area (Å²) in [5.74, 6) is 0. The van der Waals surface area contributed by atoms with Crippen molar-refractivity contribution in [2.24, 2.45) is 0 Å². The van der Waals surface area contributed by atoms with Gasteiger partial charge in [0.25, 0.3) is 0 Å². The lowest BCUT2D eigenvalue weighted by Gasteiger charge is -2.03. The molecule has 0 heterocycles. The van der Waals surface area contributed by atoms with Crippen LogP contribution in [0.3, 0.4) is 0 Å². The van der Waals surface area contributed by atoms with E-state index in [0.29, 0.717) is 19.8 Å². The summed E-state index contributed by atoms with van der Waals surface area (Å²) in [7, 11) is 0. The molecule has 1 N–H and O–H groups in total. The van der Waals surface area contributed by atoms with Crippen molar-refractivity contribution in [2.75, 3.05) is 37.5 Å². The third-order valence-corrected chi connectivity index (χ3v) is 2.29. The predicted molar refractivity (Wildman–Crippen MR) is 61.5 cm³/mol. The summed E-state index contributed by atoms with van der Waals surface area (Å²) in [6.07, 6.45) is 3.67. The minimum Gasteiger partial charge on any atom is -0.394 e. The largest absolute Gasteiger partial charge is 0.394 e. The van der Waals surface area contributed by atoms with E-state index in [1.807, 2.05) is 0 Å². The average Bonchev–Trinajstić information content (AvgIpc) is 2.16. The van der Waals surface area contributed by atoms with Gasteiger partial charge in [0.15, 0.2) is 0 Å². The molecule has 0 bridgehead atoms. The third-order valence-electron chi connectivity index (χ3n) is 1.53. The first-order chi connectivity index (χ1) is 6.41. The smallest absolute Gasteiger partial charge is 0.0701 e. The number of unbranched alkanes of at least 4 members (excludes halogenated alkanes) is 2. The fourth-order valence-corrected chi connectivity index (χ4v) is 1.40. The highest BCUT2D eigenvalue weighted by molar-refractivity contribution is 14.1. The second-order valence-corrected chi connectivity index (χ2v) is 3.78. The monoisotopic (exact) mass is 302 g/mol. The molecule has 0 amide bonds. The van der Waals surface area contributed by atoms with Crippen molar-refractivity contribution < 1.29 is 14.6 Å². The van der Waals surface area contributed by atoms with E-state index in [1.165, 1.54) is 17.3 Å². The molecule has 0 aromatic rings. The fourth-order valence-electron chi connectivity index (χ4n) is 0.862. The average molecular weight is 302 g/mol. The molecule has 0 aromatic heterocycles. The molecule has 0 saturated carbocycles. The van der Waals surface area contributed by atoms with E-state index in [1.54, 1.807) is 0 Å². The summed E-state index contributed by atoms with van der Waals surface area (Å²) >= 11 is 2.39. The van der Waals surface area contributed by atoms with E-state index in [2.05, 4.69) is 22.6 Å². The van der Waals surface area contributed by atoms with Crippen LogP contribution in [0, 0.1) is 0 Å². The SMILES string of the molecule is OCCOCCOCCCCCI. The van der Waals surface area contributed by atoms with E-state index >= 15 is 0 Å². The van der Waals surface area contributed by atoms with Crippen LogP contribution in [0.15, 0.2) is 0 Å². The van der Waals surface area contributed by atoms with Crippen molar-refractivity contribution in [3.8, 4) is 0 Å². The van der Waals surface area contributed by atoms with E-state index in [9.17, 15) is 0 Å². The quantitative estimate of drug-likeness (QED) is 0.379. The van der Waals surface area contributed by atoms with Crippen molar-refractivity contribution in [2.45, 2.75) is 19.3 Å². The molecule has 0 aromatic carbocycles. The van der Waals surface area contributed by atoms with Crippen LogP contribution < -0.4 is 0 Å². The van der Waals surface area contributed by atoms with Gasteiger partial charge < -0.3 is 14.6 Å². The molecule has 0 unspecified atom stereocenters. The highest BCUT2D eigenvalue weighted by Gasteiger charge is 1.90. The first-order valence-corrected chi connectivity index (χ1v) is 6.26. The number of hydrogen-bond donors (Lipinski definition) is 1. The molecule has 13 heavy (non-hydrogen) atoms. The molecule has 0 atom stereocenters. The van der Waals surface area contributed by atoms with Gasteiger partial charge in [0.1, 0.15) is 0 Å². The molecule has 0 aliphatic rings.